The molecule has 16 heteroatoms. The zero-order valence-corrected chi connectivity index (χ0v) is 33.7. The van der Waals surface area contributed by atoms with Crippen molar-refractivity contribution in [3.63, 3.8) is 0 Å². The standard InChI is InChI=1S/C36H24N2O10S2.2Na/c1-19-11-13-27-23(15-19)33(39)25-17-30-26(18-29(25)37(27)35(41)21-7-3-5-9-31(21)49(43,44)45)34(40)24-16-20(2)12-14-28(24)38(30)36(42)22-8-4-6-10-32(22)50(46,47)48;;/h3-18H,1-2H3,(H,43,44,45)(H,46,47,48);;/q;2*+1/p-2. The van der Waals surface area contributed by atoms with Gasteiger partial charge in [-0.15, -0.1) is 0 Å². The molecule has 0 fully saturated rings. The molecule has 0 amide bonds. The molecule has 52 heavy (non-hydrogen) atoms. The van der Waals surface area contributed by atoms with Crippen LogP contribution in [0.5, 0.6) is 0 Å². The fourth-order valence-corrected chi connectivity index (χ4v) is 7.65. The zero-order valence-electron chi connectivity index (χ0n) is 28.0. The van der Waals surface area contributed by atoms with E-state index in [0.717, 1.165) is 33.4 Å². The molecule has 7 rings (SSSR count). The Morgan fingerprint density at radius 2 is 0.827 bits per heavy atom. The molecule has 0 atom stereocenters. The first-order chi connectivity index (χ1) is 23.6. The molecule has 0 aliphatic heterocycles. The first kappa shape index (κ1) is 39.4. The molecule has 0 spiro atoms. The molecule has 0 unspecified atom stereocenters. The fraction of sp³-hybridized carbons (Fsp3) is 0.0556. The smallest absolute Gasteiger partial charge is 0.744 e. The van der Waals surface area contributed by atoms with Crippen LogP contribution in [0.25, 0.3) is 43.6 Å². The Hall–Kier alpha value is -3.80. The zero-order chi connectivity index (χ0) is 35.9. The minimum absolute atomic E-state index is 0. The number of aryl methyl sites for hydroxylation is 2. The van der Waals surface area contributed by atoms with Crippen LogP contribution in [0.3, 0.4) is 0 Å². The average Bonchev–Trinajstić information content (AvgIpc) is 3.07. The number of carbonyl (C=O) groups excluding carboxylic acids is 2. The van der Waals surface area contributed by atoms with E-state index in [2.05, 4.69) is 0 Å². The molecule has 0 bridgehead atoms. The minimum atomic E-state index is -5.14. The van der Waals surface area contributed by atoms with Gasteiger partial charge in [-0.1, -0.05) is 47.5 Å². The maximum Gasteiger partial charge on any atom is 1.00 e. The van der Waals surface area contributed by atoms with E-state index < -0.39 is 63.8 Å². The van der Waals surface area contributed by atoms with Crippen LogP contribution in [-0.4, -0.2) is 46.9 Å². The van der Waals surface area contributed by atoms with Crippen LogP contribution >= 0.6 is 0 Å². The van der Waals surface area contributed by atoms with E-state index in [1.807, 2.05) is 0 Å². The number of benzene rings is 5. The second-order valence-corrected chi connectivity index (χ2v) is 14.5. The van der Waals surface area contributed by atoms with Gasteiger partial charge in [0.2, 0.25) is 0 Å². The summed E-state index contributed by atoms with van der Waals surface area (Å²) in [7, 11) is -10.3. The second-order valence-electron chi connectivity index (χ2n) is 11.8. The molecule has 0 saturated carbocycles. The van der Waals surface area contributed by atoms with Gasteiger partial charge in [0.1, 0.15) is 20.2 Å². The van der Waals surface area contributed by atoms with E-state index in [4.69, 9.17) is 0 Å². The monoisotopic (exact) mass is 752 g/mol. The van der Waals surface area contributed by atoms with Crippen molar-refractivity contribution in [3.05, 3.63) is 140 Å². The number of rotatable bonds is 4. The Morgan fingerprint density at radius 1 is 0.500 bits per heavy atom. The maximum absolute atomic E-state index is 14.3. The minimum Gasteiger partial charge on any atom is -0.744 e. The number of aromatic nitrogens is 2. The van der Waals surface area contributed by atoms with Crippen molar-refractivity contribution in [2.75, 3.05) is 0 Å². The molecule has 250 valence electrons. The van der Waals surface area contributed by atoms with E-state index >= 15 is 0 Å². The summed E-state index contributed by atoms with van der Waals surface area (Å²) >= 11 is 0. The molecule has 5 aromatic carbocycles. The number of carbonyl (C=O) groups is 2. The van der Waals surface area contributed by atoms with Crippen LogP contribution in [0.2, 0.25) is 0 Å². The van der Waals surface area contributed by atoms with Gasteiger partial charge in [-0.25, -0.2) is 16.8 Å². The average molecular weight is 753 g/mol. The largest absolute Gasteiger partial charge is 1.00 e. The van der Waals surface area contributed by atoms with Crippen LogP contribution in [0.4, 0.5) is 0 Å². The topological polar surface area (TPSA) is 193 Å². The van der Waals surface area contributed by atoms with Crippen LogP contribution in [0.15, 0.2) is 116 Å². The van der Waals surface area contributed by atoms with E-state index in [1.54, 1.807) is 26.0 Å². The summed E-state index contributed by atoms with van der Waals surface area (Å²) in [6, 6.07) is 21.3. The van der Waals surface area contributed by atoms with Gasteiger partial charge in [-0.05, 0) is 74.5 Å². The molecule has 2 heterocycles. The summed E-state index contributed by atoms with van der Waals surface area (Å²) in [4.78, 5) is 55.5. The van der Waals surface area contributed by atoms with Crippen molar-refractivity contribution in [1.29, 1.82) is 0 Å². The second kappa shape index (κ2) is 14.2. The molecular weight excluding hydrogens is 731 g/mol. The van der Waals surface area contributed by atoms with Gasteiger partial charge in [0.25, 0.3) is 11.8 Å². The number of hydrogen-bond donors (Lipinski definition) is 0. The maximum atomic E-state index is 14.3. The summed E-state index contributed by atoms with van der Waals surface area (Å²) in [5, 5.41) is -0.258. The quantitative estimate of drug-likeness (QED) is 0.115. The Morgan fingerprint density at radius 3 is 1.17 bits per heavy atom. The Balaban J connectivity index is 0.00000261. The van der Waals surface area contributed by atoms with Crippen molar-refractivity contribution < 1.29 is 94.6 Å². The Kier molecular flexibility index (Phi) is 10.8. The molecule has 12 nitrogen and oxygen atoms in total. The summed E-state index contributed by atoms with van der Waals surface area (Å²) in [5.74, 6) is -1.97. The normalized spacial score (nSPS) is 11.8. The van der Waals surface area contributed by atoms with Gasteiger partial charge in [0.15, 0.2) is 10.9 Å². The van der Waals surface area contributed by atoms with Gasteiger partial charge in [-0.3, -0.25) is 28.3 Å². The van der Waals surface area contributed by atoms with Crippen molar-refractivity contribution in [2.45, 2.75) is 23.6 Å². The molecule has 2 aromatic heterocycles. The van der Waals surface area contributed by atoms with Gasteiger partial charge < -0.3 is 9.11 Å². The molecule has 0 aliphatic rings. The van der Waals surface area contributed by atoms with Crippen molar-refractivity contribution >= 4 is 75.7 Å². The third kappa shape index (κ3) is 6.53. The SMILES string of the molecule is Cc1ccc2c(c1)c(=O)c1cc3c(cc1n2C(=O)c1ccccc1S(=O)(=O)[O-])c(=O)c1cc(C)ccc1n3C(=O)c1ccccc1S(=O)(=O)[O-].[Na+].[Na+]. The fourth-order valence-electron chi connectivity index (χ4n) is 6.31. The summed E-state index contributed by atoms with van der Waals surface area (Å²) < 4.78 is 75.2. The predicted molar refractivity (Wildman–Crippen MR) is 183 cm³/mol. The number of nitrogens with zero attached hydrogens (tertiary/aromatic N) is 2. The Labute approximate surface area is 339 Å². The Bertz CT molecular complexity index is 2840. The predicted octanol–water partition coefficient (Wildman–Crippen LogP) is -1.57. The summed E-state index contributed by atoms with van der Waals surface area (Å²) in [6.07, 6.45) is 0. The summed E-state index contributed by atoms with van der Waals surface area (Å²) in [5.41, 5.74) is -1.05. The third-order valence-corrected chi connectivity index (χ3v) is 10.3. The molecule has 0 N–H and O–H groups in total. The van der Waals surface area contributed by atoms with Gasteiger partial charge >= 0.3 is 59.1 Å². The van der Waals surface area contributed by atoms with Crippen LogP contribution < -0.4 is 70.0 Å². The van der Waals surface area contributed by atoms with Crippen molar-refractivity contribution in [1.82, 2.24) is 9.13 Å². The molecular formula is C36H22N2Na2O10S2. The first-order valence-electron chi connectivity index (χ1n) is 14.9. The first-order valence-corrected chi connectivity index (χ1v) is 17.7. The van der Waals surface area contributed by atoms with Gasteiger partial charge in [0.05, 0.1) is 43.0 Å². The van der Waals surface area contributed by atoms with Gasteiger partial charge in [-0.2, -0.15) is 0 Å². The van der Waals surface area contributed by atoms with Gasteiger partial charge in [0, 0.05) is 21.5 Å². The van der Waals surface area contributed by atoms with Crippen molar-refractivity contribution in [2.24, 2.45) is 0 Å². The number of hydrogen-bond acceptors (Lipinski definition) is 10. The number of fused-ring (bicyclic) bond motifs is 4. The van der Waals surface area contributed by atoms with Crippen LogP contribution in [-0.2, 0) is 20.2 Å². The van der Waals surface area contributed by atoms with Crippen LogP contribution in [0, 0.1) is 13.8 Å². The molecule has 0 radical (unpaired) electrons. The van der Waals surface area contributed by atoms with E-state index in [-0.39, 0.29) is 103 Å². The third-order valence-electron chi connectivity index (χ3n) is 8.54. The van der Waals surface area contributed by atoms with E-state index in [1.165, 1.54) is 60.7 Å². The molecule has 7 aromatic rings. The molecule has 0 saturated heterocycles. The van der Waals surface area contributed by atoms with E-state index in [0.29, 0.717) is 11.1 Å². The van der Waals surface area contributed by atoms with E-state index in [9.17, 15) is 45.1 Å². The molecule has 0 aliphatic carbocycles. The van der Waals surface area contributed by atoms with Crippen LogP contribution in [0.1, 0.15) is 31.8 Å². The summed E-state index contributed by atoms with van der Waals surface area (Å²) in [6.45, 7) is 3.42. The number of pyridine rings is 2. The van der Waals surface area contributed by atoms with Crippen molar-refractivity contribution in [3.8, 4) is 0 Å².